The van der Waals surface area contributed by atoms with Crippen molar-refractivity contribution < 1.29 is 4.79 Å². The maximum absolute atomic E-state index is 10.1. The summed E-state index contributed by atoms with van der Waals surface area (Å²) < 4.78 is 2.00. The number of hydrogen-bond acceptors (Lipinski definition) is 1. The summed E-state index contributed by atoms with van der Waals surface area (Å²) in [6.07, 6.45) is 3.78. The topological polar surface area (TPSA) is 17.1 Å². The number of aldehydes is 1. The highest BCUT2D eigenvalue weighted by Gasteiger charge is 2.06. The van der Waals surface area contributed by atoms with Gasteiger partial charge in [0.1, 0.15) is 6.29 Å². The third-order valence-electron chi connectivity index (χ3n) is 1.74. The molecule has 2 atom stereocenters. The highest BCUT2D eigenvalue weighted by atomic mass is 127. The zero-order valence-electron chi connectivity index (χ0n) is 6.38. The Bertz CT molecular complexity index is 120. The minimum atomic E-state index is 0.475. The number of halogens is 1. The monoisotopic (exact) mass is 252 g/mol. The van der Waals surface area contributed by atoms with Crippen LogP contribution in [0.3, 0.4) is 0 Å². The second-order valence-corrected chi connectivity index (χ2v) is 3.28. The van der Waals surface area contributed by atoms with Gasteiger partial charge in [-0.3, -0.25) is 0 Å². The lowest BCUT2D eigenvalue weighted by Gasteiger charge is -2.11. The molecular formula is C8H13IO. The molecule has 0 aromatic heterocycles. The largest absolute Gasteiger partial charge is 0.303 e. The lowest BCUT2D eigenvalue weighted by Crippen LogP contribution is -2.04. The van der Waals surface area contributed by atoms with Gasteiger partial charge < -0.3 is 4.79 Å². The number of carbonyl (C=O) groups excluding carboxylic acids is 1. The minimum absolute atomic E-state index is 0.475. The summed E-state index contributed by atoms with van der Waals surface area (Å²) >= 11 is 2.20. The maximum Gasteiger partial charge on any atom is 0.120 e. The second-order valence-electron chi connectivity index (χ2n) is 2.56. The van der Waals surface area contributed by atoms with Crippen LogP contribution in [-0.2, 0) is 4.79 Å². The van der Waals surface area contributed by atoms with Crippen molar-refractivity contribution in [2.75, 3.05) is 0 Å². The third kappa shape index (κ3) is 4.04. The smallest absolute Gasteiger partial charge is 0.120 e. The summed E-state index contributed by atoms with van der Waals surface area (Å²) in [4.78, 5) is 10.1. The van der Waals surface area contributed by atoms with Crippen molar-refractivity contribution in [3.05, 3.63) is 10.2 Å². The molecule has 1 nitrogen and oxygen atoms in total. The van der Waals surface area contributed by atoms with Gasteiger partial charge in [0.05, 0.1) is 0 Å². The van der Waals surface area contributed by atoms with Crippen molar-refractivity contribution in [1.29, 1.82) is 0 Å². The van der Waals surface area contributed by atoms with Crippen LogP contribution >= 0.6 is 22.6 Å². The van der Waals surface area contributed by atoms with E-state index in [0.717, 1.165) is 6.29 Å². The fourth-order valence-electron chi connectivity index (χ4n) is 0.671. The lowest BCUT2D eigenvalue weighted by atomic mass is 9.94. The summed E-state index contributed by atoms with van der Waals surface area (Å²) in [5.41, 5.74) is 0. The van der Waals surface area contributed by atoms with E-state index in [0.29, 0.717) is 18.3 Å². The van der Waals surface area contributed by atoms with Gasteiger partial charge in [0, 0.05) is 6.42 Å². The average molecular weight is 252 g/mol. The van der Waals surface area contributed by atoms with Crippen LogP contribution in [-0.4, -0.2) is 6.29 Å². The summed E-state index contributed by atoms with van der Waals surface area (Å²) in [7, 11) is 0. The molecule has 10 heavy (non-hydrogen) atoms. The highest BCUT2D eigenvalue weighted by molar-refractivity contribution is 14.1. The molecule has 0 bridgehead atoms. The fraction of sp³-hybridized carbons (Fsp3) is 0.625. The molecule has 2 heteroatoms. The Hall–Kier alpha value is 0.140. The molecule has 0 aliphatic carbocycles. The van der Waals surface area contributed by atoms with E-state index < -0.39 is 0 Å². The molecule has 0 amide bonds. The predicted molar refractivity (Wildman–Crippen MR) is 52.2 cm³/mol. The number of carbonyl (C=O) groups is 1. The van der Waals surface area contributed by atoms with Crippen molar-refractivity contribution in [1.82, 2.24) is 0 Å². The number of allylic oxidation sites excluding steroid dienone is 1. The first kappa shape index (κ1) is 10.1. The van der Waals surface area contributed by atoms with E-state index in [1.165, 1.54) is 0 Å². The van der Waals surface area contributed by atoms with E-state index in [4.69, 9.17) is 0 Å². The van der Waals surface area contributed by atoms with Crippen LogP contribution in [0, 0.1) is 11.8 Å². The molecule has 0 saturated heterocycles. The van der Waals surface area contributed by atoms with Crippen LogP contribution in [0.25, 0.3) is 0 Å². The highest BCUT2D eigenvalue weighted by Crippen LogP contribution is 2.15. The van der Waals surface area contributed by atoms with Crippen LogP contribution < -0.4 is 0 Å². The van der Waals surface area contributed by atoms with E-state index in [-0.39, 0.29) is 0 Å². The van der Waals surface area contributed by atoms with Gasteiger partial charge in [-0.2, -0.15) is 0 Å². The first-order valence-corrected chi connectivity index (χ1v) is 4.67. The summed E-state index contributed by atoms with van der Waals surface area (Å²) in [6.45, 7) is 4.22. The molecule has 0 aliphatic heterocycles. The van der Waals surface area contributed by atoms with Crippen molar-refractivity contribution in [2.45, 2.75) is 20.3 Å². The molecule has 0 spiro atoms. The average Bonchev–Trinajstić information content (AvgIpc) is 1.89. The minimum Gasteiger partial charge on any atom is -0.303 e. The number of rotatable bonds is 4. The summed E-state index contributed by atoms with van der Waals surface area (Å²) in [5.74, 6) is 0.991. The van der Waals surface area contributed by atoms with Crippen LogP contribution in [0.5, 0.6) is 0 Å². The van der Waals surface area contributed by atoms with Crippen LogP contribution in [0.2, 0.25) is 0 Å². The summed E-state index contributed by atoms with van der Waals surface area (Å²) in [6, 6.07) is 0. The van der Waals surface area contributed by atoms with E-state index >= 15 is 0 Å². The van der Waals surface area contributed by atoms with Crippen molar-refractivity contribution in [3.8, 4) is 0 Å². The zero-order valence-corrected chi connectivity index (χ0v) is 8.54. The standard InChI is InChI=1S/C8H13IO/c1-7(3-5-9)8(2)4-6-10/h3,5-8H,4H2,1-2H3/b5-3+/t7-,8-/m0/s1. The second kappa shape index (κ2) is 5.89. The van der Waals surface area contributed by atoms with Gasteiger partial charge in [-0.1, -0.05) is 42.5 Å². The van der Waals surface area contributed by atoms with E-state index in [2.05, 4.69) is 42.5 Å². The van der Waals surface area contributed by atoms with Gasteiger partial charge in [0.25, 0.3) is 0 Å². The Morgan fingerprint density at radius 3 is 2.50 bits per heavy atom. The lowest BCUT2D eigenvalue weighted by molar-refractivity contribution is -0.108. The zero-order chi connectivity index (χ0) is 7.98. The molecule has 0 rings (SSSR count). The normalized spacial score (nSPS) is 17.1. The molecule has 0 unspecified atom stereocenters. The quantitative estimate of drug-likeness (QED) is 0.555. The first-order valence-electron chi connectivity index (χ1n) is 3.43. The van der Waals surface area contributed by atoms with Gasteiger partial charge in [-0.05, 0) is 15.9 Å². The molecule has 0 aromatic rings. The molecule has 0 N–H and O–H groups in total. The van der Waals surface area contributed by atoms with Crippen LogP contribution in [0.15, 0.2) is 10.2 Å². The molecular weight excluding hydrogens is 239 g/mol. The van der Waals surface area contributed by atoms with Crippen LogP contribution in [0.4, 0.5) is 0 Å². The Morgan fingerprint density at radius 1 is 1.50 bits per heavy atom. The Labute approximate surface area is 76.0 Å². The molecule has 0 aliphatic rings. The molecule has 0 heterocycles. The predicted octanol–water partition coefficient (Wildman–Crippen LogP) is 2.80. The SMILES string of the molecule is C[C@@H](/C=C/I)[C@@H](C)CC=O. The molecule has 0 aromatic carbocycles. The fourth-order valence-corrected chi connectivity index (χ4v) is 1.33. The van der Waals surface area contributed by atoms with Crippen molar-refractivity contribution in [2.24, 2.45) is 11.8 Å². The summed E-state index contributed by atoms with van der Waals surface area (Å²) in [5, 5.41) is 0. The van der Waals surface area contributed by atoms with Crippen molar-refractivity contribution >= 4 is 28.9 Å². The Balaban J connectivity index is 3.68. The van der Waals surface area contributed by atoms with E-state index in [1.807, 2.05) is 4.08 Å². The maximum atomic E-state index is 10.1. The molecule has 0 radical (unpaired) electrons. The van der Waals surface area contributed by atoms with Crippen molar-refractivity contribution in [3.63, 3.8) is 0 Å². The molecule has 58 valence electrons. The van der Waals surface area contributed by atoms with Gasteiger partial charge in [-0.15, -0.1) is 0 Å². The van der Waals surface area contributed by atoms with Crippen LogP contribution in [0.1, 0.15) is 20.3 Å². The first-order chi connectivity index (χ1) is 4.72. The van der Waals surface area contributed by atoms with E-state index in [9.17, 15) is 4.79 Å². The molecule has 0 saturated carbocycles. The van der Waals surface area contributed by atoms with Gasteiger partial charge in [0.15, 0.2) is 0 Å². The third-order valence-corrected chi connectivity index (χ3v) is 2.16. The Morgan fingerprint density at radius 2 is 2.10 bits per heavy atom. The molecule has 0 fully saturated rings. The van der Waals surface area contributed by atoms with Gasteiger partial charge in [-0.25, -0.2) is 0 Å². The number of hydrogen-bond donors (Lipinski definition) is 0. The Kier molecular flexibility index (Phi) is 5.97. The van der Waals surface area contributed by atoms with E-state index in [1.54, 1.807) is 0 Å². The van der Waals surface area contributed by atoms with Gasteiger partial charge in [0.2, 0.25) is 0 Å². The van der Waals surface area contributed by atoms with Gasteiger partial charge >= 0.3 is 0 Å².